The normalized spacial score (nSPS) is 11.0. The van der Waals surface area contributed by atoms with E-state index in [0.717, 1.165) is 28.2 Å². The molecular weight excluding hydrogens is 356 g/mol. The van der Waals surface area contributed by atoms with Gasteiger partial charge in [0.05, 0.1) is 19.0 Å². The molecule has 28 heavy (non-hydrogen) atoms. The van der Waals surface area contributed by atoms with Gasteiger partial charge < -0.3 is 14.3 Å². The van der Waals surface area contributed by atoms with Crippen molar-refractivity contribution in [3.05, 3.63) is 77.0 Å². The summed E-state index contributed by atoms with van der Waals surface area (Å²) in [5.74, 6) is -1.05. The van der Waals surface area contributed by atoms with E-state index in [9.17, 15) is 9.59 Å². The number of hydrogen-bond acceptors (Lipinski definition) is 4. The Balaban J connectivity index is 1.64. The Morgan fingerprint density at radius 3 is 2.61 bits per heavy atom. The van der Waals surface area contributed by atoms with E-state index in [1.165, 1.54) is 12.5 Å². The molecule has 0 saturated heterocycles. The number of rotatable bonds is 5. The van der Waals surface area contributed by atoms with Crippen molar-refractivity contribution in [2.75, 3.05) is 0 Å². The zero-order chi connectivity index (χ0) is 20.1. The molecule has 2 heterocycles. The molecule has 0 aliphatic rings. The maximum atomic E-state index is 11.8. The van der Waals surface area contributed by atoms with Gasteiger partial charge in [-0.25, -0.2) is 5.43 Å². The number of carbonyl (C=O) groups excluding carboxylic acids is 2. The summed E-state index contributed by atoms with van der Waals surface area (Å²) in [5.41, 5.74) is 7.41. The van der Waals surface area contributed by atoms with Gasteiger partial charge in [0.1, 0.15) is 5.76 Å². The van der Waals surface area contributed by atoms with Crippen molar-refractivity contribution in [2.24, 2.45) is 5.10 Å². The lowest BCUT2D eigenvalue weighted by Crippen LogP contribution is -2.37. The number of benzene rings is 1. The van der Waals surface area contributed by atoms with Gasteiger partial charge >= 0.3 is 11.8 Å². The van der Waals surface area contributed by atoms with Crippen molar-refractivity contribution in [3.63, 3.8) is 0 Å². The lowest BCUT2D eigenvalue weighted by atomic mass is 10.2. The number of aromatic nitrogens is 1. The van der Waals surface area contributed by atoms with Crippen molar-refractivity contribution in [2.45, 2.75) is 27.3 Å². The number of hydrazone groups is 1. The molecule has 1 aromatic carbocycles. The number of amides is 2. The third-order valence-electron chi connectivity index (χ3n) is 4.41. The van der Waals surface area contributed by atoms with Crippen LogP contribution in [0.25, 0.3) is 5.69 Å². The smallest absolute Gasteiger partial charge is 0.329 e. The van der Waals surface area contributed by atoms with E-state index in [1.54, 1.807) is 12.1 Å². The van der Waals surface area contributed by atoms with Gasteiger partial charge in [0.15, 0.2) is 0 Å². The first kappa shape index (κ1) is 19.2. The Kier molecular flexibility index (Phi) is 5.74. The van der Waals surface area contributed by atoms with Gasteiger partial charge in [-0.2, -0.15) is 5.10 Å². The minimum absolute atomic E-state index is 0.139. The maximum Gasteiger partial charge on any atom is 0.329 e. The van der Waals surface area contributed by atoms with Crippen LogP contribution in [0, 0.1) is 20.8 Å². The third-order valence-corrected chi connectivity index (χ3v) is 4.41. The minimum atomic E-state index is -0.837. The summed E-state index contributed by atoms with van der Waals surface area (Å²) in [6.07, 6.45) is 3.04. The zero-order valence-electron chi connectivity index (χ0n) is 16.0. The highest BCUT2D eigenvalue weighted by atomic mass is 16.3. The number of aryl methyl sites for hydroxylation is 2. The van der Waals surface area contributed by atoms with Crippen LogP contribution in [-0.2, 0) is 16.1 Å². The molecule has 3 aromatic rings. The third kappa shape index (κ3) is 4.20. The molecule has 0 spiro atoms. The van der Waals surface area contributed by atoms with Crippen LogP contribution in [0.3, 0.4) is 0 Å². The molecule has 0 bridgehead atoms. The number of hydrogen-bond donors (Lipinski definition) is 2. The summed E-state index contributed by atoms with van der Waals surface area (Å²) in [6.45, 7) is 6.19. The molecule has 0 saturated carbocycles. The van der Waals surface area contributed by atoms with Crippen LogP contribution in [0.5, 0.6) is 0 Å². The number of carbonyl (C=O) groups is 2. The molecule has 2 amide bonds. The van der Waals surface area contributed by atoms with Crippen molar-refractivity contribution in [1.29, 1.82) is 0 Å². The molecule has 2 aromatic heterocycles. The molecule has 0 aliphatic heterocycles. The maximum absolute atomic E-state index is 11.8. The number of nitrogens with one attached hydrogen (secondary N) is 2. The van der Waals surface area contributed by atoms with E-state index in [2.05, 4.69) is 39.5 Å². The van der Waals surface area contributed by atoms with Crippen LogP contribution < -0.4 is 10.7 Å². The van der Waals surface area contributed by atoms with Gasteiger partial charge in [-0.05, 0) is 50.6 Å². The van der Waals surface area contributed by atoms with E-state index in [-0.39, 0.29) is 6.54 Å². The molecule has 3 rings (SSSR count). The molecule has 0 fully saturated rings. The average Bonchev–Trinajstić information content (AvgIpc) is 3.29. The lowest BCUT2D eigenvalue weighted by Gasteiger charge is -2.12. The summed E-state index contributed by atoms with van der Waals surface area (Å²) in [6, 6.07) is 13.5. The quantitative estimate of drug-likeness (QED) is 0.406. The summed E-state index contributed by atoms with van der Waals surface area (Å²) in [4.78, 5) is 23.6. The Hall–Kier alpha value is -3.61. The highest BCUT2D eigenvalue weighted by Crippen LogP contribution is 2.22. The summed E-state index contributed by atoms with van der Waals surface area (Å²) < 4.78 is 7.23. The second-order valence-electron chi connectivity index (χ2n) is 6.41. The van der Waals surface area contributed by atoms with Gasteiger partial charge in [-0.3, -0.25) is 9.59 Å². The Morgan fingerprint density at radius 2 is 1.89 bits per heavy atom. The van der Waals surface area contributed by atoms with E-state index in [0.29, 0.717) is 5.76 Å². The fourth-order valence-corrected chi connectivity index (χ4v) is 2.98. The fourth-order valence-electron chi connectivity index (χ4n) is 2.98. The number of para-hydroxylation sites is 1. The van der Waals surface area contributed by atoms with Crippen LogP contribution in [0.4, 0.5) is 0 Å². The summed E-state index contributed by atoms with van der Waals surface area (Å²) >= 11 is 0. The predicted octanol–water partition coefficient (Wildman–Crippen LogP) is 2.76. The van der Waals surface area contributed by atoms with Crippen molar-refractivity contribution in [3.8, 4) is 5.69 Å². The highest BCUT2D eigenvalue weighted by Gasteiger charge is 2.14. The molecule has 7 heteroatoms. The predicted molar refractivity (Wildman–Crippen MR) is 106 cm³/mol. The van der Waals surface area contributed by atoms with E-state index in [4.69, 9.17) is 4.42 Å². The highest BCUT2D eigenvalue weighted by molar-refractivity contribution is 6.35. The number of nitrogens with zero attached hydrogens (tertiary/aromatic N) is 2. The first-order valence-corrected chi connectivity index (χ1v) is 8.86. The first-order chi connectivity index (χ1) is 13.5. The molecule has 0 unspecified atom stereocenters. The summed E-state index contributed by atoms with van der Waals surface area (Å²) in [5, 5.41) is 6.38. The van der Waals surface area contributed by atoms with Gasteiger partial charge in [-0.1, -0.05) is 18.2 Å². The first-order valence-electron chi connectivity index (χ1n) is 8.86. The van der Waals surface area contributed by atoms with Crippen LogP contribution in [0.1, 0.15) is 28.3 Å². The van der Waals surface area contributed by atoms with Crippen LogP contribution in [0.2, 0.25) is 0 Å². The molecule has 2 N–H and O–H groups in total. The minimum Gasteiger partial charge on any atom is -0.467 e. The SMILES string of the molecule is Cc1ccccc1-n1c(C)cc(/C=N\NC(=O)C(=O)NCc2ccco2)c1C. The van der Waals surface area contributed by atoms with E-state index >= 15 is 0 Å². The van der Waals surface area contributed by atoms with Gasteiger partial charge in [0.25, 0.3) is 0 Å². The van der Waals surface area contributed by atoms with Gasteiger partial charge in [0, 0.05) is 22.6 Å². The lowest BCUT2D eigenvalue weighted by molar-refractivity contribution is -0.139. The van der Waals surface area contributed by atoms with Crippen LogP contribution in [0.15, 0.2) is 58.2 Å². The number of furan rings is 1. The Labute approximate surface area is 163 Å². The zero-order valence-corrected chi connectivity index (χ0v) is 16.0. The Morgan fingerprint density at radius 1 is 1.11 bits per heavy atom. The fraction of sp³-hybridized carbons (Fsp3) is 0.190. The monoisotopic (exact) mass is 378 g/mol. The van der Waals surface area contributed by atoms with Gasteiger partial charge in [0.2, 0.25) is 0 Å². The summed E-state index contributed by atoms with van der Waals surface area (Å²) in [7, 11) is 0. The molecule has 0 aliphatic carbocycles. The van der Waals surface area contributed by atoms with Crippen LogP contribution >= 0.6 is 0 Å². The molecule has 144 valence electrons. The molecule has 7 nitrogen and oxygen atoms in total. The average molecular weight is 378 g/mol. The van der Waals surface area contributed by atoms with Crippen LogP contribution in [-0.4, -0.2) is 22.6 Å². The van der Waals surface area contributed by atoms with E-state index in [1.807, 2.05) is 32.0 Å². The van der Waals surface area contributed by atoms with E-state index < -0.39 is 11.8 Å². The van der Waals surface area contributed by atoms with Crippen molar-refractivity contribution >= 4 is 18.0 Å². The van der Waals surface area contributed by atoms with Crippen molar-refractivity contribution in [1.82, 2.24) is 15.3 Å². The largest absolute Gasteiger partial charge is 0.467 e. The standard InChI is InChI=1S/C21H22N4O3/c1-14-7-4-5-9-19(14)25-15(2)11-17(16(25)3)12-23-24-21(27)20(26)22-13-18-8-6-10-28-18/h4-12H,13H2,1-3H3,(H,22,26)(H,24,27)/b23-12-. The Bertz CT molecular complexity index is 1020. The second kappa shape index (κ2) is 8.39. The molecular formula is C21H22N4O3. The molecule has 0 atom stereocenters. The molecule has 0 radical (unpaired) electrons. The van der Waals surface area contributed by atoms with Crippen molar-refractivity contribution < 1.29 is 14.0 Å². The second-order valence-corrected chi connectivity index (χ2v) is 6.41. The van der Waals surface area contributed by atoms with Gasteiger partial charge in [-0.15, -0.1) is 0 Å². The topological polar surface area (TPSA) is 88.6 Å².